The molecule has 0 bridgehead atoms. The van der Waals surface area contributed by atoms with E-state index < -0.39 is 0 Å². The Hall–Kier alpha value is -4.05. The highest BCUT2D eigenvalue weighted by Gasteiger charge is 2.25. The molecule has 1 aromatic heterocycles. The van der Waals surface area contributed by atoms with E-state index in [2.05, 4.69) is 125 Å². The van der Waals surface area contributed by atoms with Crippen LogP contribution in [0.3, 0.4) is 0 Å². The summed E-state index contributed by atoms with van der Waals surface area (Å²) in [5.41, 5.74) is 8.27. The average Bonchev–Trinajstić information content (AvgIpc) is 3.62. The number of aromatic nitrogens is 1. The van der Waals surface area contributed by atoms with E-state index >= 15 is 0 Å². The molecule has 3 aromatic carbocycles. The Labute approximate surface area is 214 Å². The van der Waals surface area contributed by atoms with E-state index in [0.29, 0.717) is 6.04 Å². The number of hydrogen-bond donors (Lipinski definition) is 0. The van der Waals surface area contributed by atoms with Gasteiger partial charge in [0.05, 0.1) is 12.4 Å². The van der Waals surface area contributed by atoms with Gasteiger partial charge < -0.3 is 14.7 Å². The minimum atomic E-state index is 0.510. The van der Waals surface area contributed by atoms with Crippen molar-refractivity contribution in [1.29, 1.82) is 0 Å². The van der Waals surface area contributed by atoms with Gasteiger partial charge in [0.15, 0.2) is 0 Å². The third-order valence-corrected chi connectivity index (χ3v) is 7.29. The van der Waals surface area contributed by atoms with Crippen molar-refractivity contribution in [3.8, 4) is 22.4 Å². The number of rotatable bonds is 6. The highest BCUT2D eigenvalue weighted by molar-refractivity contribution is 5.75. The van der Waals surface area contributed by atoms with Crippen LogP contribution < -0.4 is 9.80 Å². The van der Waals surface area contributed by atoms with Crippen LogP contribution in [0, 0.1) is 0 Å². The summed E-state index contributed by atoms with van der Waals surface area (Å²) in [7, 11) is 2.11. The second-order valence-electron chi connectivity index (χ2n) is 9.84. The van der Waals surface area contributed by atoms with Crippen molar-refractivity contribution in [1.82, 2.24) is 9.88 Å². The minimum Gasteiger partial charge on any atom is -0.361 e. The zero-order valence-electron chi connectivity index (χ0n) is 20.8. The Bertz CT molecular complexity index is 1360. The lowest BCUT2D eigenvalue weighted by atomic mass is 10.0. The van der Waals surface area contributed by atoms with Crippen LogP contribution in [0.4, 0.5) is 17.1 Å². The molecule has 4 aromatic rings. The molecule has 1 fully saturated rings. The van der Waals surface area contributed by atoms with Crippen molar-refractivity contribution in [2.75, 3.05) is 23.5 Å². The lowest BCUT2D eigenvalue weighted by molar-refractivity contribution is 0.495. The number of nitrogens with zero attached hydrogens (tertiary/aromatic N) is 4. The lowest BCUT2D eigenvalue weighted by Crippen LogP contribution is -2.29. The first-order valence-electron chi connectivity index (χ1n) is 12.9. The van der Waals surface area contributed by atoms with E-state index in [0.717, 1.165) is 17.9 Å². The summed E-state index contributed by atoms with van der Waals surface area (Å²) < 4.78 is 0. The third kappa shape index (κ3) is 4.59. The van der Waals surface area contributed by atoms with Gasteiger partial charge in [0, 0.05) is 54.3 Å². The Morgan fingerprint density at radius 3 is 2.25 bits per heavy atom. The molecule has 0 radical (unpaired) electrons. The molecule has 180 valence electrons. The molecule has 6 rings (SSSR count). The topological polar surface area (TPSA) is 22.6 Å². The molecule has 2 aliphatic rings. The molecule has 0 saturated heterocycles. The maximum Gasteiger partial charge on any atom is 0.0938 e. The maximum atomic E-state index is 4.74. The molecule has 0 atom stereocenters. The fraction of sp³-hybridized carbons (Fsp3) is 0.219. The van der Waals surface area contributed by atoms with Crippen molar-refractivity contribution in [2.45, 2.75) is 31.7 Å². The molecule has 4 nitrogen and oxygen atoms in total. The van der Waals surface area contributed by atoms with Crippen LogP contribution in [0.25, 0.3) is 22.4 Å². The third-order valence-electron chi connectivity index (χ3n) is 7.29. The molecule has 1 aliphatic carbocycles. The zero-order valence-corrected chi connectivity index (χ0v) is 20.8. The fourth-order valence-corrected chi connectivity index (χ4v) is 5.46. The van der Waals surface area contributed by atoms with Crippen LogP contribution >= 0.6 is 0 Å². The molecule has 0 unspecified atom stereocenters. The van der Waals surface area contributed by atoms with Gasteiger partial charge in [-0.1, -0.05) is 61.4 Å². The Balaban J connectivity index is 1.37. The molecule has 4 heteroatoms. The maximum absolute atomic E-state index is 4.74. The highest BCUT2D eigenvalue weighted by Crippen LogP contribution is 2.38. The predicted octanol–water partition coefficient (Wildman–Crippen LogP) is 7.68. The van der Waals surface area contributed by atoms with Gasteiger partial charge in [-0.25, -0.2) is 0 Å². The number of hydrogen-bond acceptors (Lipinski definition) is 4. The zero-order chi connectivity index (χ0) is 24.3. The smallest absolute Gasteiger partial charge is 0.0938 e. The van der Waals surface area contributed by atoms with E-state index in [-0.39, 0.29) is 0 Å². The van der Waals surface area contributed by atoms with Gasteiger partial charge in [-0.15, -0.1) is 0 Å². The van der Waals surface area contributed by atoms with Gasteiger partial charge in [-0.05, 0) is 66.4 Å². The quantitative estimate of drug-likeness (QED) is 0.287. The molecular weight excluding hydrogens is 440 g/mol. The van der Waals surface area contributed by atoms with E-state index in [1.54, 1.807) is 0 Å². The average molecular weight is 473 g/mol. The van der Waals surface area contributed by atoms with Crippen LogP contribution in [0.5, 0.6) is 0 Å². The highest BCUT2D eigenvalue weighted by atomic mass is 15.3. The van der Waals surface area contributed by atoms with E-state index in [1.807, 2.05) is 6.20 Å². The Morgan fingerprint density at radius 2 is 1.47 bits per heavy atom. The first-order valence-corrected chi connectivity index (χ1v) is 12.9. The largest absolute Gasteiger partial charge is 0.361 e. The number of benzene rings is 3. The Kier molecular flexibility index (Phi) is 6.17. The van der Waals surface area contributed by atoms with E-state index in [1.165, 1.54) is 53.9 Å². The standard InChI is InChI=1S/C32H32N4/c1-34-19-20-35(24-34)29-14-8-16-31(23-29)36(28-12-5-6-13-28)30-15-7-11-27(21-30)32-22-26(17-18-33-32)25-9-3-2-4-10-25/h2-4,7-11,14-23,28H,5-6,12-13,24H2,1H3. The summed E-state index contributed by atoms with van der Waals surface area (Å²) in [5.74, 6) is 0. The van der Waals surface area contributed by atoms with Crippen LogP contribution in [0.1, 0.15) is 25.7 Å². The van der Waals surface area contributed by atoms with Crippen molar-refractivity contribution >= 4 is 17.1 Å². The molecule has 36 heavy (non-hydrogen) atoms. The summed E-state index contributed by atoms with van der Waals surface area (Å²) in [5, 5.41) is 0. The van der Waals surface area contributed by atoms with Gasteiger partial charge in [-0.2, -0.15) is 0 Å². The molecule has 1 aliphatic heterocycles. The first kappa shape index (κ1) is 22.4. The number of pyridine rings is 1. The van der Waals surface area contributed by atoms with Crippen LogP contribution in [0.2, 0.25) is 0 Å². The van der Waals surface area contributed by atoms with Gasteiger partial charge in [0.2, 0.25) is 0 Å². The van der Waals surface area contributed by atoms with Crippen molar-refractivity contribution in [3.63, 3.8) is 0 Å². The minimum absolute atomic E-state index is 0.510. The summed E-state index contributed by atoms with van der Waals surface area (Å²) in [6.45, 7) is 0.881. The second-order valence-corrected chi connectivity index (χ2v) is 9.84. The van der Waals surface area contributed by atoms with Gasteiger partial charge >= 0.3 is 0 Å². The van der Waals surface area contributed by atoms with Crippen molar-refractivity contribution < 1.29 is 0 Å². The summed E-state index contributed by atoms with van der Waals surface area (Å²) in [4.78, 5) is 11.8. The van der Waals surface area contributed by atoms with Crippen molar-refractivity contribution in [2.24, 2.45) is 0 Å². The molecule has 0 amide bonds. The molecular formula is C32H32N4. The van der Waals surface area contributed by atoms with E-state index in [9.17, 15) is 0 Å². The molecule has 2 heterocycles. The molecule has 1 saturated carbocycles. The van der Waals surface area contributed by atoms with E-state index in [4.69, 9.17) is 4.98 Å². The molecule has 0 N–H and O–H groups in total. The normalized spacial score (nSPS) is 15.6. The second kappa shape index (κ2) is 9.90. The van der Waals surface area contributed by atoms with Crippen LogP contribution in [0.15, 0.2) is 110 Å². The van der Waals surface area contributed by atoms with Crippen molar-refractivity contribution in [3.05, 3.63) is 110 Å². The molecule has 0 spiro atoms. The summed E-state index contributed by atoms with van der Waals surface area (Å²) in [6, 6.07) is 33.2. The van der Waals surface area contributed by atoms with Gasteiger partial charge in [0.25, 0.3) is 0 Å². The summed E-state index contributed by atoms with van der Waals surface area (Å²) >= 11 is 0. The lowest BCUT2D eigenvalue weighted by Gasteiger charge is -2.32. The Morgan fingerprint density at radius 1 is 0.722 bits per heavy atom. The number of anilines is 3. The monoisotopic (exact) mass is 472 g/mol. The fourth-order valence-electron chi connectivity index (χ4n) is 5.46. The first-order chi connectivity index (χ1) is 17.7. The van der Waals surface area contributed by atoms with Crippen LogP contribution in [-0.4, -0.2) is 29.6 Å². The van der Waals surface area contributed by atoms with Crippen LogP contribution in [-0.2, 0) is 0 Å². The summed E-state index contributed by atoms with van der Waals surface area (Å²) in [6.07, 6.45) is 11.2. The van der Waals surface area contributed by atoms with Gasteiger partial charge in [0.1, 0.15) is 0 Å². The van der Waals surface area contributed by atoms with Gasteiger partial charge in [-0.3, -0.25) is 4.98 Å². The SMILES string of the molecule is CN1C=CN(c2cccc(N(c3cccc(-c4cc(-c5ccccc5)ccn4)c3)C3CCCC3)c2)C1. The predicted molar refractivity (Wildman–Crippen MR) is 150 cm³/mol.